The lowest BCUT2D eigenvalue weighted by molar-refractivity contribution is -0.144. The Bertz CT molecular complexity index is 1570. The Hall–Kier alpha value is -3.50. The first-order valence-electron chi connectivity index (χ1n) is 14.4. The minimum absolute atomic E-state index is 0.0214. The molecule has 1 fully saturated rings. The summed E-state index contributed by atoms with van der Waals surface area (Å²) >= 11 is 0. The number of hydrogen-bond acceptors (Lipinski definition) is 6. The lowest BCUT2D eigenvalue weighted by Gasteiger charge is -2.44. The van der Waals surface area contributed by atoms with Crippen LogP contribution in [0.2, 0.25) is 0 Å². The van der Waals surface area contributed by atoms with Crippen molar-refractivity contribution in [3.8, 4) is 17.1 Å². The fraction of sp³-hybridized carbons (Fsp3) is 0.452. The Morgan fingerprint density at radius 2 is 1.83 bits per heavy atom. The molecular weight excluding hydrogens is 538 g/mol. The van der Waals surface area contributed by atoms with Gasteiger partial charge in [0.05, 0.1) is 17.7 Å². The van der Waals surface area contributed by atoms with E-state index in [1.165, 1.54) is 4.31 Å². The summed E-state index contributed by atoms with van der Waals surface area (Å²) in [5.41, 5.74) is 5.56. The van der Waals surface area contributed by atoms with Crippen LogP contribution in [0.5, 0.6) is 5.88 Å². The number of ether oxygens (including phenoxy) is 1. The van der Waals surface area contributed by atoms with Crippen LogP contribution in [-0.2, 0) is 21.5 Å². The van der Waals surface area contributed by atoms with E-state index in [4.69, 9.17) is 4.74 Å². The topological polar surface area (TPSA) is 105 Å². The van der Waals surface area contributed by atoms with Gasteiger partial charge in [-0.3, -0.25) is 4.79 Å². The molecule has 4 atom stereocenters. The summed E-state index contributed by atoms with van der Waals surface area (Å²) in [6.45, 7) is 9.23. The van der Waals surface area contributed by atoms with E-state index in [1.54, 1.807) is 6.07 Å². The third kappa shape index (κ3) is 5.30. The maximum absolute atomic E-state index is 14.2. The summed E-state index contributed by atoms with van der Waals surface area (Å²) in [5, 5.41) is 0. The van der Waals surface area contributed by atoms with Gasteiger partial charge in [0.1, 0.15) is 6.10 Å². The Labute approximate surface area is 242 Å². The van der Waals surface area contributed by atoms with Gasteiger partial charge in [0.25, 0.3) is 0 Å². The maximum Gasteiger partial charge on any atom is 0.304 e. The van der Waals surface area contributed by atoms with E-state index in [0.29, 0.717) is 37.5 Å². The number of aryl methyl sites for hydroxylation is 2. The predicted octanol–water partition coefficient (Wildman–Crippen LogP) is 5.02. The Morgan fingerprint density at radius 3 is 2.59 bits per heavy atom. The zero-order chi connectivity index (χ0) is 28.9. The minimum atomic E-state index is -4.01. The van der Waals surface area contributed by atoms with Gasteiger partial charge in [-0.25, -0.2) is 9.71 Å². The van der Waals surface area contributed by atoms with Gasteiger partial charge in [0.2, 0.25) is 17.7 Å². The van der Waals surface area contributed by atoms with Crippen molar-refractivity contribution in [2.75, 3.05) is 17.8 Å². The molecule has 3 aliphatic heterocycles. The van der Waals surface area contributed by atoms with Crippen molar-refractivity contribution < 1.29 is 17.9 Å². The van der Waals surface area contributed by atoms with Crippen molar-refractivity contribution in [3.63, 3.8) is 0 Å². The number of nitrogens with zero attached hydrogens (tertiary/aromatic N) is 4. The number of rotatable bonds is 3. The van der Waals surface area contributed by atoms with Gasteiger partial charge in [-0.15, -0.1) is 0 Å². The van der Waals surface area contributed by atoms with Gasteiger partial charge in [-0.2, -0.15) is 17.7 Å². The summed E-state index contributed by atoms with van der Waals surface area (Å²) in [7, 11) is -4.01. The van der Waals surface area contributed by atoms with Crippen LogP contribution in [0, 0.1) is 25.7 Å². The van der Waals surface area contributed by atoms with Crippen LogP contribution in [0.25, 0.3) is 11.3 Å². The first kappa shape index (κ1) is 27.7. The molecule has 3 aromatic rings. The van der Waals surface area contributed by atoms with Crippen LogP contribution in [0.1, 0.15) is 61.5 Å². The number of benzene rings is 2. The molecule has 0 spiro atoms. The lowest BCUT2D eigenvalue weighted by Crippen LogP contribution is -2.53. The molecule has 6 bridgehead atoms. The highest BCUT2D eigenvalue weighted by molar-refractivity contribution is 7.90. The van der Waals surface area contributed by atoms with E-state index >= 15 is 0 Å². The second-order valence-electron chi connectivity index (χ2n) is 11.9. The summed E-state index contributed by atoms with van der Waals surface area (Å²) in [5.74, 6) is 0.0609. The van der Waals surface area contributed by atoms with E-state index in [1.807, 2.05) is 55.1 Å². The summed E-state index contributed by atoms with van der Waals surface area (Å²) in [6.07, 6.45) is 1.51. The van der Waals surface area contributed by atoms with Crippen molar-refractivity contribution >= 4 is 22.1 Å². The van der Waals surface area contributed by atoms with Crippen LogP contribution >= 0.6 is 0 Å². The summed E-state index contributed by atoms with van der Waals surface area (Å²) in [6, 6.07) is 15.6. The van der Waals surface area contributed by atoms with Crippen LogP contribution in [0.3, 0.4) is 0 Å². The number of nitrogens with one attached hydrogen (secondary N) is 1. The molecule has 1 saturated heterocycles. The molecule has 4 heterocycles. The molecule has 0 radical (unpaired) electrons. The molecule has 1 N–H and O–H groups in total. The Kier molecular flexibility index (Phi) is 7.23. The van der Waals surface area contributed by atoms with E-state index in [9.17, 15) is 13.2 Å². The second-order valence-corrected chi connectivity index (χ2v) is 13.6. The third-order valence-electron chi connectivity index (χ3n) is 8.43. The van der Waals surface area contributed by atoms with E-state index in [2.05, 4.69) is 34.6 Å². The third-order valence-corrected chi connectivity index (χ3v) is 9.88. The standard InChI is InChI=1S/C31H37N5O4S/c1-19(2)15-26-29-24-13-6-5-11-22(24)18-36(26)30(37)23-12-8-14-35(17-23)41(38,39)34-31-32-25(16-27(33-31)40-29)28-20(3)9-7-10-21(28)4/h5-7,9-11,13,16,19,23,26,29H,8,12,14-15,17-18H2,1-4H3,(H,32,33,34)/t23?,26-,29-/m1/s1. The summed E-state index contributed by atoms with van der Waals surface area (Å²) < 4.78 is 37.9. The smallest absolute Gasteiger partial charge is 0.304 e. The highest BCUT2D eigenvalue weighted by Crippen LogP contribution is 2.40. The zero-order valence-electron chi connectivity index (χ0n) is 24.0. The molecule has 216 valence electrons. The van der Waals surface area contributed by atoms with E-state index < -0.39 is 22.2 Å². The number of piperidine rings is 1. The second kappa shape index (κ2) is 10.7. The van der Waals surface area contributed by atoms with Gasteiger partial charge < -0.3 is 9.64 Å². The normalized spacial score (nSPS) is 25.2. The minimum Gasteiger partial charge on any atom is -0.467 e. The van der Waals surface area contributed by atoms with Crippen molar-refractivity contribution in [2.45, 2.75) is 65.6 Å². The molecular formula is C31H37N5O4S. The average Bonchev–Trinajstić information content (AvgIpc) is 2.93. The van der Waals surface area contributed by atoms with Crippen LogP contribution in [-0.4, -0.2) is 52.6 Å². The molecule has 2 aromatic carbocycles. The molecule has 41 heavy (non-hydrogen) atoms. The van der Waals surface area contributed by atoms with Crippen molar-refractivity contribution in [2.24, 2.45) is 11.8 Å². The van der Waals surface area contributed by atoms with Crippen molar-refractivity contribution in [1.29, 1.82) is 0 Å². The molecule has 1 amide bonds. The van der Waals surface area contributed by atoms with Crippen molar-refractivity contribution in [1.82, 2.24) is 19.2 Å². The maximum atomic E-state index is 14.2. The number of aromatic nitrogens is 2. The molecule has 10 heteroatoms. The summed E-state index contributed by atoms with van der Waals surface area (Å²) in [4.78, 5) is 25.4. The van der Waals surface area contributed by atoms with Gasteiger partial charge in [0, 0.05) is 31.3 Å². The average molecular weight is 576 g/mol. The molecule has 2 unspecified atom stereocenters. The number of carbonyl (C=O) groups excluding carboxylic acids is 1. The molecule has 0 saturated carbocycles. The number of hydrogen-bond donors (Lipinski definition) is 1. The highest BCUT2D eigenvalue weighted by atomic mass is 32.2. The largest absolute Gasteiger partial charge is 0.467 e. The van der Waals surface area contributed by atoms with Crippen LogP contribution in [0.15, 0.2) is 48.5 Å². The van der Waals surface area contributed by atoms with Gasteiger partial charge in [0.15, 0.2) is 0 Å². The Balaban J connectivity index is 1.56. The van der Waals surface area contributed by atoms with Gasteiger partial charge in [-0.1, -0.05) is 56.3 Å². The molecule has 3 aliphatic rings. The van der Waals surface area contributed by atoms with Gasteiger partial charge >= 0.3 is 10.2 Å². The number of anilines is 1. The quantitative estimate of drug-likeness (QED) is 0.470. The monoisotopic (exact) mass is 575 g/mol. The molecule has 9 nitrogen and oxygen atoms in total. The zero-order valence-corrected chi connectivity index (χ0v) is 24.8. The molecule has 1 aromatic heterocycles. The highest BCUT2D eigenvalue weighted by Gasteiger charge is 2.43. The predicted molar refractivity (Wildman–Crippen MR) is 157 cm³/mol. The van der Waals surface area contributed by atoms with E-state index in [0.717, 1.165) is 34.2 Å². The first-order valence-corrected chi connectivity index (χ1v) is 15.8. The fourth-order valence-corrected chi connectivity index (χ4v) is 7.73. The van der Waals surface area contributed by atoms with Crippen molar-refractivity contribution in [3.05, 3.63) is 70.8 Å². The first-order chi connectivity index (χ1) is 19.6. The van der Waals surface area contributed by atoms with Crippen LogP contribution < -0.4 is 9.46 Å². The number of carbonyl (C=O) groups is 1. The van der Waals surface area contributed by atoms with E-state index in [-0.39, 0.29) is 30.3 Å². The fourth-order valence-electron chi connectivity index (χ4n) is 6.53. The van der Waals surface area contributed by atoms with Gasteiger partial charge in [-0.05, 0) is 61.3 Å². The lowest BCUT2D eigenvalue weighted by atomic mass is 9.85. The number of amides is 1. The molecule has 0 aliphatic carbocycles. The Morgan fingerprint density at radius 1 is 1.07 bits per heavy atom. The van der Waals surface area contributed by atoms with Crippen LogP contribution in [0.4, 0.5) is 5.95 Å². The number of fused-ring (bicyclic) bond motifs is 8. The molecule has 6 rings (SSSR count). The SMILES string of the molecule is Cc1cccc(C)c1-c1cc2nc(n1)NS(=O)(=O)N1CCCC(C1)C(=O)N1Cc3ccccc3[C@@H](O2)[C@H]1CC(C)C.